The molecule has 2 amide bonds. The Kier molecular flexibility index (Phi) is 5.09. The van der Waals surface area contributed by atoms with Gasteiger partial charge >= 0.3 is 7.80 Å². The minimum absolute atomic E-state index is 0.319. The zero-order valence-corrected chi connectivity index (χ0v) is 18.1. The van der Waals surface area contributed by atoms with Gasteiger partial charge in [-0.15, -0.1) is 0 Å². The third kappa shape index (κ3) is 3.13. The van der Waals surface area contributed by atoms with E-state index in [1.807, 2.05) is 36.4 Å². The third-order valence-electron chi connectivity index (χ3n) is 5.63. The van der Waals surface area contributed by atoms with Crippen molar-refractivity contribution in [3.05, 3.63) is 125 Å². The lowest BCUT2D eigenvalue weighted by molar-refractivity contribution is 0.0686. The maximum absolute atomic E-state index is 16.7. The topological polar surface area (TPSA) is 46.6 Å². The number of hydrogen-bond donors (Lipinski definition) is 0. The lowest BCUT2D eigenvalue weighted by Crippen LogP contribution is -2.33. The van der Waals surface area contributed by atoms with Crippen molar-refractivity contribution in [3.8, 4) is 0 Å². The molecule has 0 N–H and O–H groups in total. The smallest absolute Gasteiger partial charge is 0.269 e. The number of benzene rings is 3. The van der Waals surface area contributed by atoms with Gasteiger partial charge in [-0.25, -0.2) is 0 Å². The first kappa shape index (κ1) is 20.5. The summed E-state index contributed by atoms with van der Waals surface area (Å²) < 4.78 is 22.2. The van der Waals surface area contributed by atoms with E-state index in [0.717, 1.165) is 4.90 Å². The Morgan fingerprint density at radius 3 is 1.50 bits per heavy atom. The van der Waals surface area contributed by atoms with Gasteiger partial charge in [0.1, 0.15) is 6.04 Å². The highest BCUT2D eigenvalue weighted by Gasteiger charge is 2.56. The molecule has 4 nitrogen and oxygen atoms in total. The molecule has 3 aromatic rings. The predicted octanol–water partition coefficient (Wildman–Crippen LogP) is 6.37. The van der Waals surface area contributed by atoms with Gasteiger partial charge in [-0.1, -0.05) is 72.8 Å². The van der Waals surface area contributed by atoms with Gasteiger partial charge in [0.05, 0.1) is 18.2 Å². The van der Waals surface area contributed by atoms with Gasteiger partial charge in [-0.05, 0) is 28.5 Å². The number of halogens is 1. The van der Waals surface area contributed by atoms with E-state index in [1.54, 1.807) is 60.7 Å². The van der Waals surface area contributed by atoms with Gasteiger partial charge in [0.25, 0.3) is 11.8 Å². The van der Waals surface area contributed by atoms with E-state index in [1.165, 1.54) is 7.11 Å². The molecule has 0 spiro atoms. The molecule has 5 rings (SSSR count). The van der Waals surface area contributed by atoms with E-state index >= 15 is 4.20 Å². The SMILES string of the molecule is CO[P+]1(F)C(c2ccccc2)=C[C](N2C(=O)c3ccccc3C2=O)C=C1c1ccccc1. The van der Waals surface area contributed by atoms with Crippen LogP contribution in [0.25, 0.3) is 10.6 Å². The third-order valence-corrected chi connectivity index (χ3v) is 8.15. The Labute approximate surface area is 186 Å². The maximum atomic E-state index is 16.7. The van der Waals surface area contributed by atoms with Crippen LogP contribution in [0.5, 0.6) is 0 Å². The lowest BCUT2D eigenvalue weighted by Gasteiger charge is -2.28. The summed E-state index contributed by atoms with van der Waals surface area (Å²) in [6.45, 7) is 0. The van der Waals surface area contributed by atoms with Crippen LogP contribution in [0.2, 0.25) is 0 Å². The molecule has 0 atom stereocenters. The highest BCUT2D eigenvalue weighted by atomic mass is 31.2. The van der Waals surface area contributed by atoms with E-state index in [-0.39, 0.29) is 0 Å². The van der Waals surface area contributed by atoms with Crippen molar-refractivity contribution in [3.63, 3.8) is 0 Å². The van der Waals surface area contributed by atoms with Gasteiger partial charge in [0.15, 0.2) is 10.6 Å². The number of rotatable bonds is 4. The van der Waals surface area contributed by atoms with E-state index in [4.69, 9.17) is 4.52 Å². The fourth-order valence-corrected chi connectivity index (χ4v) is 6.30. The van der Waals surface area contributed by atoms with Crippen molar-refractivity contribution >= 4 is 30.2 Å². The first-order valence-corrected chi connectivity index (χ1v) is 11.7. The van der Waals surface area contributed by atoms with Gasteiger partial charge in [-0.3, -0.25) is 14.5 Å². The molecule has 0 aliphatic carbocycles. The first-order valence-electron chi connectivity index (χ1n) is 10.1. The number of carbonyl (C=O) groups is 2. The second-order valence-electron chi connectivity index (χ2n) is 7.42. The average molecular weight is 443 g/mol. The molecule has 1 radical (unpaired) electrons. The molecule has 0 fully saturated rings. The maximum Gasteiger partial charge on any atom is 0.397 e. The average Bonchev–Trinajstić information content (AvgIpc) is 3.10. The highest BCUT2D eigenvalue weighted by molar-refractivity contribution is 7.85. The van der Waals surface area contributed by atoms with Gasteiger partial charge in [0, 0.05) is 11.1 Å². The summed E-state index contributed by atoms with van der Waals surface area (Å²) in [4.78, 5) is 27.4. The highest BCUT2D eigenvalue weighted by Crippen LogP contribution is 2.81. The predicted molar refractivity (Wildman–Crippen MR) is 124 cm³/mol. The second-order valence-corrected chi connectivity index (χ2v) is 9.82. The monoisotopic (exact) mass is 443 g/mol. The standard InChI is InChI=1S/C26H19FNO3P/c1-31-32(27)23(18-10-4-2-5-11-18)16-20(17-24(32)19-12-6-3-7-13-19)28-25(29)21-14-8-9-15-22(21)26(28)30/h2-17H,1H3/q+1. The quantitative estimate of drug-likeness (QED) is 0.348. The number of amides is 2. The van der Waals surface area contributed by atoms with Gasteiger partial charge < -0.3 is 0 Å². The first-order chi connectivity index (χ1) is 15.5. The molecule has 3 aromatic carbocycles. The summed E-state index contributed by atoms with van der Waals surface area (Å²) in [5.41, 5.74) is 1.96. The zero-order valence-electron chi connectivity index (χ0n) is 17.2. The molecule has 2 aliphatic heterocycles. The molecule has 0 unspecified atom stereocenters. The molecule has 157 valence electrons. The molecule has 0 bridgehead atoms. The van der Waals surface area contributed by atoms with Crippen molar-refractivity contribution in [1.82, 2.24) is 4.90 Å². The van der Waals surface area contributed by atoms with Gasteiger partial charge in [0.2, 0.25) is 0 Å². The molecule has 6 heteroatoms. The number of imide groups is 1. The molecule has 2 aliphatic rings. The molecule has 32 heavy (non-hydrogen) atoms. The van der Waals surface area contributed by atoms with E-state index in [9.17, 15) is 9.59 Å². The van der Waals surface area contributed by atoms with Crippen molar-refractivity contribution in [2.45, 2.75) is 0 Å². The van der Waals surface area contributed by atoms with E-state index < -0.39 is 19.6 Å². The molecule has 0 saturated heterocycles. The summed E-state index contributed by atoms with van der Waals surface area (Å²) in [7, 11) is -2.39. The van der Waals surface area contributed by atoms with Crippen LogP contribution < -0.4 is 0 Å². The Morgan fingerprint density at radius 2 is 1.09 bits per heavy atom. The number of carbonyl (C=O) groups excluding carboxylic acids is 2. The van der Waals surface area contributed by atoms with Crippen molar-refractivity contribution in [1.29, 1.82) is 0 Å². The Bertz CT molecular complexity index is 1180. The molecular formula is C26H19FNO3P+. The minimum atomic E-state index is -3.75. The van der Waals surface area contributed by atoms with Crippen molar-refractivity contribution in [2.75, 3.05) is 7.11 Å². The Hall–Kier alpha value is -3.40. The van der Waals surface area contributed by atoms with Crippen molar-refractivity contribution in [2.24, 2.45) is 0 Å². The van der Waals surface area contributed by atoms with E-state index in [0.29, 0.717) is 38.9 Å². The van der Waals surface area contributed by atoms with Crippen LogP contribution in [0.1, 0.15) is 31.8 Å². The lowest BCUT2D eigenvalue weighted by atomic mass is 10.1. The van der Waals surface area contributed by atoms with Crippen LogP contribution in [-0.2, 0) is 4.52 Å². The largest absolute Gasteiger partial charge is 0.397 e. The summed E-state index contributed by atoms with van der Waals surface area (Å²) in [6, 6.07) is 25.2. The van der Waals surface area contributed by atoms with Crippen LogP contribution in [0.4, 0.5) is 4.20 Å². The Balaban J connectivity index is 1.70. The van der Waals surface area contributed by atoms with Crippen LogP contribution >= 0.6 is 7.80 Å². The molecule has 2 heterocycles. The summed E-state index contributed by atoms with van der Waals surface area (Å²) >= 11 is 0. The zero-order chi connectivity index (χ0) is 22.3. The summed E-state index contributed by atoms with van der Waals surface area (Å²) in [5, 5.41) is 0.655. The molecule has 0 saturated carbocycles. The van der Waals surface area contributed by atoms with Gasteiger partial charge in [-0.2, -0.15) is 4.52 Å². The second kappa shape index (κ2) is 7.94. The number of fused-ring (bicyclic) bond motifs is 1. The van der Waals surface area contributed by atoms with Crippen LogP contribution in [-0.4, -0.2) is 23.8 Å². The van der Waals surface area contributed by atoms with Crippen LogP contribution in [0, 0.1) is 6.04 Å². The number of hydrogen-bond acceptors (Lipinski definition) is 3. The minimum Gasteiger partial charge on any atom is -0.269 e. The Morgan fingerprint density at radius 1 is 0.688 bits per heavy atom. The molecular weight excluding hydrogens is 424 g/mol. The summed E-state index contributed by atoms with van der Waals surface area (Å²) in [5.74, 6) is -0.843. The fraction of sp³-hybridized carbons (Fsp3) is 0.0385. The van der Waals surface area contributed by atoms with Crippen LogP contribution in [0.3, 0.4) is 0 Å². The normalized spacial score (nSPS) is 17.8. The van der Waals surface area contributed by atoms with Crippen molar-refractivity contribution < 1.29 is 18.3 Å². The fourth-order valence-electron chi connectivity index (χ4n) is 4.08. The molecule has 0 aromatic heterocycles. The van der Waals surface area contributed by atoms with E-state index in [2.05, 4.69) is 0 Å². The number of nitrogens with zero attached hydrogens (tertiary/aromatic N) is 1. The van der Waals surface area contributed by atoms with Crippen LogP contribution in [0.15, 0.2) is 97.1 Å². The summed E-state index contributed by atoms with van der Waals surface area (Å²) in [6.07, 6.45) is 3.14.